The van der Waals surface area contributed by atoms with Gasteiger partial charge in [0.2, 0.25) is 5.88 Å². The molecule has 4 rings (SSSR count). The zero-order valence-electron chi connectivity index (χ0n) is 19.7. The van der Waals surface area contributed by atoms with Crippen molar-refractivity contribution in [2.24, 2.45) is 0 Å². The third-order valence-corrected chi connectivity index (χ3v) is 5.49. The van der Waals surface area contributed by atoms with Crippen LogP contribution in [0, 0.1) is 0 Å². The first-order chi connectivity index (χ1) is 17.6. The highest BCUT2D eigenvalue weighted by atomic mass is 16.5. The number of amides is 2. The number of aliphatic hydroxyl groups is 1. The van der Waals surface area contributed by atoms with Crippen molar-refractivity contribution in [2.75, 3.05) is 18.5 Å². The average Bonchev–Trinajstić information content (AvgIpc) is 2.93. The van der Waals surface area contributed by atoms with E-state index in [-0.39, 0.29) is 18.4 Å². The van der Waals surface area contributed by atoms with Gasteiger partial charge in [-0.25, -0.2) is 4.98 Å². The van der Waals surface area contributed by atoms with Crippen LogP contribution in [0.1, 0.15) is 39.2 Å². The van der Waals surface area contributed by atoms with Crippen molar-refractivity contribution >= 4 is 17.5 Å². The minimum Gasteiger partial charge on any atom is -0.478 e. The third kappa shape index (κ3) is 6.11. The van der Waals surface area contributed by atoms with E-state index in [4.69, 9.17) is 4.74 Å². The van der Waals surface area contributed by atoms with Gasteiger partial charge in [0.25, 0.3) is 11.8 Å². The van der Waals surface area contributed by atoms with E-state index < -0.39 is 6.04 Å². The number of aliphatic hydroxyl groups excluding tert-OH is 1. The molecule has 36 heavy (non-hydrogen) atoms. The maximum atomic E-state index is 12.8. The number of benzene rings is 2. The molecular formula is C28H26N4O4. The van der Waals surface area contributed by atoms with Gasteiger partial charge in [-0.15, -0.1) is 0 Å². The second kappa shape index (κ2) is 11.7. The predicted molar refractivity (Wildman–Crippen MR) is 137 cm³/mol. The van der Waals surface area contributed by atoms with Crippen molar-refractivity contribution in [3.05, 3.63) is 108 Å². The Morgan fingerprint density at radius 1 is 0.917 bits per heavy atom. The molecule has 182 valence electrons. The first-order valence-electron chi connectivity index (χ1n) is 11.5. The molecule has 8 heteroatoms. The highest BCUT2D eigenvalue weighted by molar-refractivity contribution is 6.04. The molecule has 0 fully saturated rings. The zero-order chi connectivity index (χ0) is 25.3. The van der Waals surface area contributed by atoms with Gasteiger partial charge >= 0.3 is 0 Å². The second-order valence-corrected chi connectivity index (χ2v) is 7.92. The molecule has 0 aliphatic rings. The fraction of sp³-hybridized carbons (Fsp3) is 0.143. The molecule has 0 saturated heterocycles. The Morgan fingerprint density at radius 2 is 1.67 bits per heavy atom. The fourth-order valence-electron chi connectivity index (χ4n) is 3.62. The molecule has 0 radical (unpaired) electrons. The van der Waals surface area contributed by atoms with E-state index in [1.165, 1.54) is 6.20 Å². The summed E-state index contributed by atoms with van der Waals surface area (Å²) in [4.78, 5) is 33.7. The first-order valence-corrected chi connectivity index (χ1v) is 11.5. The SMILES string of the molecule is CCOc1ccc(NC(=O)c2cccc([C@H](CO)NC(=O)c3ccc(-c4ccncc4)cc3)c2)cn1. The van der Waals surface area contributed by atoms with E-state index >= 15 is 0 Å². The summed E-state index contributed by atoms with van der Waals surface area (Å²) in [5.74, 6) is -0.186. The number of carbonyl (C=O) groups is 2. The number of nitrogens with zero attached hydrogens (tertiary/aromatic N) is 2. The van der Waals surface area contributed by atoms with E-state index in [1.54, 1.807) is 60.9 Å². The van der Waals surface area contributed by atoms with Gasteiger partial charge in [-0.2, -0.15) is 0 Å². The minimum absolute atomic E-state index is 0.325. The van der Waals surface area contributed by atoms with Gasteiger partial charge in [-0.1, -0.05) is 24.3 Å². The maximum absolute atomic E-state index is 12.8. The predicted octanol–water partition coefficient (Wildman–Crippen LogP) is 4.26. The summed E-state index contributed by atoms with van der Waals surface area (Å²) in [6.07, 6.45) is 4.94. The van der Waals surface area contributed by atoms with E-state index in [0.29, 0.717) is 34.9 Å². The van der Waals surface area contributed by atoms with E-state index in [0.717, 1.165) is 11.1 Å². The normalized spacial score (nSPS) is 11.4. The van der Waals surface area contributed by atoms with Crippen molar-refractivity contribution in [3.63, 3.8) is 0 Å². The Morgan fingerprint density at radius 3 is 2.33 bits per heavy atom. The molecule has 0 saturated carbocycles. The molecule has 0 bridgehead atoms. The van der Waals surface area contributed by atoms with Gasteiger partial charge in [-0.05, 0) is 66.1 Å². The lowest BCUT2D eigenvalue weighted by Gasteiger charge is -2.18. The molecular weight excluding hydrogens is 456 g/mol. The maximum Gasteiger partial charge on any atom is 0.255 e. The van der Waals surface area contributed by atoms with E-state index in [2.05, 4.69) is 20.6 Å². The van der Waals surface area contributed by atoms with Crippen LogP contribution in [-0.2, 0) is 0 Å². The molecule has 0 aliphatic heterocycles. The molecule has 2 amide bonds. The Kier molecular flexibility index (Phi) is 8.00. The molecule has 3 N–H and O–H groups in total. The van der Waals surface area contributed by atoms with Crippen LogP contribution in [0.15, 0.2) is 91.4 Å². The number of ether oxygens (including phenoxy) is 1. The van der Waals surface area contributed by atoms with Crippen LogP contribution in [-0.4, -0.2) is 40.1 Å². The molecule has 1 atom stereocenters. The lowest BCUT2D eigenvalue weighted by Crippen LogP contribution is -2.31. The largest absolute Gasteiger partial charge is 0.478 e. The van der Waals surface area contributed by atoms with Gasteiger partial charge in [0, 0.05) is 29.6 Å². The van der Waals surface area contributed by atoms with Gasteiger partial charge in [0.15, 0.2) is 0 Å². The van der Waals surface area contributed by atoms with Crippen LogP contribution in [0.5, 0.6) is 5.88 Å². The van der Waals surface area contributed by atoms with Crippen LogP contribution in [0.2, 0.25) is 0 Å². The molecule has 2 aromatic carbocycles. The van der Waals surface area contributed by atoms with Crippen LogP contribution >= 0.6 is 0 Å². The van der Waals surface area contributed by atoms with E-state index in [1.807, 2.05) is 31.2 Å². The van der Waals surface area contributed by atoms with Crippen molar-refractivity contribution < 1.29 is 19.4 Å². The zero-order valence-corrected chi connectivity index (χ0v) is 19.7. The van der Waals surface area contributed by atoms with Gasteiger partial charge in [0.05, 0.1) is 31.1 Å². The molecule has 2 aromatic heterocycles. The highest BCUT2D eigenvalue weighted by Gasteiger charge is 2.17. The average molecular weight is 483 g/mol. The van der Waals surface area contributed by atoms with Crippen LogP contribution in [0.3, 0.4) is 0 Å². The Labute approximate surface area is 209 Å². The number of carbonyl (C=O) groups excluding carboxylic acids is 2. The number of aromatic nitrogens is 2. The van der Waals surface area contributed by atoms with Gasteiger partial charge in [0.1, 0.15) is 0 Å². The summed E-state index contributed by atoms with van der Waals surface area (Å²) in [5.41, 5.74) is 3.95. The smallest absolute Gasteiger partial charge is 0.255 e. The Balaban J connectivity index is 1.43. The van der Waals surface area contributed by atoms with Crippen molar-refractivity contribution in [2.45, 2.75) is 13.0 Å². The minimum atomic E-state index is -0.683. The number of nitrogens with one attached hydrogen (secondary N) is 2. The van der Waals surface area contributed by atoms with Gasteiger partial charge < -0.3 is 20.5 Å². The first kappa shape index (κ1) is 24.6. The summed E-state index contributed by atoms with van der Waals surface area (Å²) >= 11 is 0. The van der Waals surface area contributed by atoms with Crippen molar-refractivity contribution in [1.82, 2.24) is 15.3 Å². The van der Waals surface area contributed by atoms with Crippen LogP contribution < -0.4 is 15.4 Å². The lowest BCUT2D eigenvalue weighted by molar-refractivity contribution is 0.0916. The Bertz CT molecular complexity index is 1310. The Hall–Kier alpha value is -4.56. The number of pyridine rings is 2. The monoisotopic (exact) mass is 482 g/mol. The highest BCUT2D eigenvalue weighted by Crippen LogP contribution is 2.20. The number of hydrogen-bond acceptors (Lipinski definition) is 6. The summed E-state index contributed by atoms with van der Waals surface area (Å²) in [5, 5.41) is 15.6. The molecule has 2 heterocycles. The third-order valence-electron chi connectivity index (χ3n) is 5.49. The number of hydrogen-bond donors (Lipinski definition) is 3. The summed E-state index contributed by atoms with van der Waals surface area (Å²) in [7, 11) is 0. The topological polar surface area (TPSA) is 113 Å². The molecule has 0 spiro atoms. The standard InChI is InChI=1S/C28H26N4O4/c1-2-36-26-11-10-24(17-30-26)31-28(35)23-5-3-4-22(16-23)25(18-33)32-27(34)21-8-6-19(7-9-21)20-12-14-29-15-13-20/h3-17,25,33H,2,18H2,1H3,(H,31,35)(H,32,34)/t25-/m0/s1. The lowest BCUT2D eigenvalue weighted by atomic mass is 10.0. The summed E-state index contributed by atoms with van der Waals surface area (Å²) < 4.78 is 5.31. The fourth-order valence-corrected chi connectivity index (χ4v) is 3.62. The molecule has 0 unspecified atom stereocenters. The summed E-state index contributed by atoms with van der Waals surface area (Å²) in [6.45, 7) is 2.05. The number of rotatable bonds is 9. The van der Waals surface area contributed by atoms with Crippen LogP contribution in [0.25, 0.3) is 11.1 Å². The molecule has 0 aliphatic carbocycles. The number of anilines is 1. The van der Waals surface area contributed by atoms with E-state index in [9.17, 15) is 14.7 Å². The molecule has 4 aromatic rings. The van der Waals surface area contributed by atoms with Crippen molar-refractivity contribution in [3.8, 4) is 17.0 Å². The summed E-state index contributed by atoms with van der Waals surface area (Å²) in [6, 6.07) is 20.4. The van der Waals surface area contributed by atoms with Gasteiger partial charge in [-0.3, -0.25) is 14.6 Å². The van der Waals surface area contributed by atoms with Crippen LogP contribution in [0.4, 0.5) is 5.69 Å². The van der Waals surface area contributed by atoms with Crippen molar-refractivity contribution in [1.29, 1.82) is 0 Å². The molecule has 8 nitrogen and oxygen atoms in total. The quantitative estimate of drug-likeness (QED) is 0.329. The second-order valence-electron chi connectivity index (χ2n) is 7.92.